The van der Waals surface area contributed by atoms with E-state index in [1.54, 1.807) is 7.05 Å². The van der Waals surface area contributed by atoms with Gasteiger partial charge in [-0.15, -0.1) is 0 Å². The summed E-state index contributed by atoms with van der Waals surface area (Å²) in [6, 6.07) is 0. The third-order valence-electron chi connectivity index (χ3n) is 2.06. The van der Waals surface area contributed by atoms with Gasteiger partial charge < -0.3 is 14.8 Å². The number of aromatic nitrogens is 2. The Balaban J connectivity index is 3.54. The quantitative estimate of drug-likeness (QED) is 0.708. The molecule has 0 saturated carbocycles. The lowest BCUT2D eigenvalue weighted by Crippen LogP contribution is -2.26. The summed E-state index contributed by atoms with van der Waals surface area (Å²) in [5.41, 5.74) is -0.597. The molecule has 0 saturated heterocycles. The predicted octanol–water partition coefficient (Wildman–Crippen LogP) is -0.383. The summed E-state index contributed by atoms with van der Waals surface area (Å²) in [7, 11) is 5.62. The Morgan fingerprint density at radius 2 is 2.06 bits per heavy atom. The first kappa shape index (κ1) is 12.0. The highest BCUT2D eigenvalue weighted by Gasteiger charge is 2.21. The normalized spacial score (nSPS) is 9.75. The van der Waals surface area contributed by atoms with Crippen molar-refractivity contribution in [1.29, 1.82) is 0 Å². The van der Waals surface area contributed by atoms with E-state index < -0.39 is 11.5 Å². The molecule has 0 atom stereocenters. The second kappa shape index (κ2) is 4.65. The lowest BCUT2D eigenvalue weighted by atomic mass is 10.3. The van der Waals surface area contributed by atoms with Crippen LogP contribution in [0.25, 0.3) is 0 Å². The number of rotatable bonds is 3. The van der Waals surface area contributed by atoms with E-state index in [2.05, 4.69) is 15.0 Å². The maximum absolute atomic E-state index is 11.8. The largest absolute Gasteiger partial charge is 0.489 e. The number of carbonyl (C=O) groups is 1. The molecule has 1 rings (SSSR count). The maximum atomic E-state index is 11.8. The van der Waals surface area contributed by atoms with Crippen LogP contribution < -0.4 is 15.6 Å². The summed E-state index contributed by atoms with van der Waals surface area (Å²) in [5.74, 6) is -0.592. The standard InChI is InChI=1S/C9H13N3O4/c1-10-9-11-5(8(14)16-4)6(15-3)7(13)12(9)2/h1-4H3,(H,10,11). The van der Waals surface area contributed by atoms with E-state index >= 15 is 0 Å². The van der Waals surface area contributed by atoms with Gasteiger partial charge in [-0.3, -0.25) is 9.36 Å². The van der Waals surface area contributed by atoms with Crippen LogP contribution in [0.15, 0.2) is 4.79 Å². The van der Waals surface area contributed by atoms with Gasteiger partial charge in [0.15, 0.2) is 5.69 Å². The molecule has 0 spiro atoms. The molecule has 1 aromatic heterocycles. The van der Waals surface area contributed by atoms with Gasteiger partial charge in [-0.25, -0.2) is 9.78 Å². The molecule has 1 aromatic rings. The minimum Gasteiger partial charge on any atom is -0.489 e. The van der Waals surface area contributed by atoms with Crippen molar-refractivity contribution in [3.8, 4) is 5.75 Å². The number of ether oxygens (including phenoxy) is 2. The Bertz CT molecular complexity index is 467. The van der Waals surface area contributed by atoms with Gasteiger partial charge in [0, 0.05) is 14.1 Å². The van der Waals surface area contributed by atoms with E-state index in [1.165, 1.54) is 25.8 Å². The number of esters is 1. The van der Waals surface area contributed by atoms with Crippen molar-refractivity contribution >= 4 is 11.9 Å². The van der Waals surface area contributed by atoms with Crippen LogP contribution in [0, 0.1) is 0 Å². The zero-order valence-corrected chi connectivity index (χ0v) is 9.53. The van der Waals surface area contributed by atoms with Gasteiger partial charge in [0.05, 0.1) is 14.2 Å². The van der Waals surface area contributed by atoms with Crippen molar-refractivity contribution in [2.24, 2.45) is 7.05 Å². The molecule has 1 N–H and O–H groups in total. The third-order valence-corrected chi connectivity index (χ3v) is 2.06. The van der Waals surface area contributed by atoms with Crippen LogP contribution >= 0.6 is 0 Å². The average molecular weight is 227 g/mol. The van der Waals surface area contributed by atoms with E-state index in [0.29, 0.717) is 0 Å². The minimum absolute atomic E-state index is 0.131. The highest BCUT2D eigenvalue weighted by molar-refractivity contribution is 5.90. The molecule has 0 fully saturated rings. The second-order valence-corrected chi connectivity index (χ2v) is 2.92. The highest BCUT2D eigenvalue weighted by atomic mass is 16.5. The fourth-order valence-corrected chi connectivity index (χ4v) is 1.22. The number of hydrogen-bond donors (Lipinski definition) is 1. The van der Waals surface area contributed by atoms with Crippen molar-refractivity contribution in [2.75, 3.05) is 26.6 Å². The minimum atomic E-state index is -0.717. The molecule has 88 valence electrons. The van der Waals surface area contributed by atoms with E-state index in [1.807, 2.05) is 0 Å². The Labute approximate surface area is 92.0 Å². The van der Waals surface area contributed by atoms with Crippen molar-refractivity contribution in [3.63, 3.8) is 0 Å². The van der Waals surface area contributed by atoms with Crippen molar-refractivity contribution in [3.05, 3.63) is 16.0 Å². The first-order chi connectivity index (χ1) is 7.56. The van der Waals surface area contributed by atoms with E-state index in [-0.39, 0.29) is 17.4 Å². The number of methoxy groups -OCH3 is 2. The van der Waals surface area contributed by atoms with Crippen LogP contribution in [-0.2, 0) is 11.8 Å². The lowest BCUT2D eigenvalue weighted by Gasteiger charge is -2.11. The molecule has 7 heteroatoms. The second-order valence-electron chi connectivity index (χ2n) is 2.92. The molecule has 0 amide bonds. The summed E-state index contributed by atoms with van der Waals surface area (Å²) in [5, 5.41) is 2.70. The molecule has 0 aromatic carbocycles. The van der Waals surface area contributed by atoms with Gasteiger partial charge in [-0.05, 0) is 0 Å². The monoisotopic (exact) mass is 227 g/mol. The van der Waals surface area contributed by atoms with Crippen LogP contribution in [0.3, 0.4) is 0 Å². The number of nitrogens with one attached hydrogen (secondary N) is 1. The number of anilines is 1. The number of hydrogen-bond acceptors (Lipinski definition) is 6. The summed E-state index contributed by atoms with van der Waals surface area (Å²) in [6.45, 7) is 0. The molecule has 0 aliphatic rings. The average Bonchev–Trinajstić information content (AvgIpc) is 2.31. The topological polar surface area (TPSA) is 82.5 Å². The highest BCUT2D eigenvalue weighted by Crippen LogP contribution is 2.13. The summed E-state index contributed by atoms with van der Waals surface area (Å²) in [4.78, 5) is 27.1. The molecular formula is C9H13N3O4. The van der Waals surface area contributed by atoms with Gasteiger partial charge in [-0.1, -0.05) is 0 Å². The van der Waals surface area contributed by atoms with E-state index in [0.717, 1.165) is 0 Å². The summed E-state index contributed by atoms with van der Waals surface area (Å²) in [6.07, 6.45) is 0. The summed E-state index contributed by atoms with van der Waals surface area (Å²) >= 11 is 0. The SMILES string of the molecule is CNc1nc(C(=O)OC)c(OC)c(=O)n1C. The molecule has 16 heavy (non-hydrogen) atoms. The van der Waals surface area contributed by atoms with Gasteiger partial charge in [0.2, 0.25) is 11.7 Å². The lowest BCUT2D eigenvalue weighted by molar-refractivity contribution is 0.0589. The molecule has 1 heterocycles. The Morgan fingerprint density at radius 1 is 1.44 bits per heavy atom. The smallest absolute Gasteiger partial charge is 0.360 e. The number of carbonyl (C=O) groups excluding carboxylic acids is 1. The van der Waals surface area contributed by atoms with Crippen LogP contribution in [0.1, 0.15) is 10.5 Å². The molecule has 0 bridgehead atoms. The van der Waals surface area contributed by atoms with E-state index in [9.17, 15) is 9.59 Å². The van der Waals surface area contributed by atoms with Crippen molar-refractivity contribution < 1.29 is 14.3 Å². The van der Waals surface area contributed by atoms with Crippen LogP contribution in [-0.4, -0.2) is 36.8 Å². The molecule has 0 radical (unpaired) electrons. The fourth-order valence-electron chi connectivity index (χ4n) is 1.22. The Hall–Kier alpha value is -2.05. The van der Waals surface area contributed by atoms with Gasteiger partial charge in [0.1, 0.15) is 0 Å². The first-order valence-corrected chi connectivity index (χ1v) is 4.47. The fraction of sp³-hybridized carbons (Fsp3) is 0.444. The van der Waals surface area contributed by atoms with E-state index in [4.69, 9.17) is 4.74 Å². The Kier molecular flexibility index (Phi) is 3.49. The van der Waals surface area contributed by atoms with Crippen LogP contribution in [0.5, 0.6) is 5.75 Å². The third kappa shape index (κ3) is 1.83. The van der Waals surface area contributed by atoms with Crippen LogP contribution in [0.2, 0.25) is 0 Å². The van der Waals surface area contributed by atoms with Gasteiger partial charge >= 0.3 is 5.97 Å². The summed E-state index contributed by atoms with van der Waals surface area (Å²) < 4.78 is 10.6. The van der Waals surface area contributed by atoms with Gasteiger partial charge in [-0.2, -0.15) is 0 Å². The first-order valence-electron chi connectivity index (χ1n) is 4.47. The van der Waals surface area contributed by atoms with Crippen molar-refractivity contribution in [1.82, 2.24) is 9.55 Å². The predicted molar refractivity (Wildman–Crippen MR) is 56.9 cm³/mol. The molecule has 7 nitrogen and oxygen atoms in total. The Morgan fingerprint density at radius 3 is 2.50 bits per heavy atom. The van der Waals surface area contributed by atoms with Crippen LogP contribution in [0.4, 0.5) is 5.95 Å². The molecule has 0 unspecified atom stereocenters. The zero-order valence-electron chi connectivity index (χ0n) is 9.53. The zero-order chi connectivity index (χ0) is 12.3. The van der Waals surface area contributed by atoms with Crippen molar-refractivity contribution in [2.45, 2.75) is 0 Å². The van der Waals surface area contributed by atoms with Gasteiger partial charge in [0.25, 0.3) is 5.56 Å². The maximum Gasteiger partial charge on any atom is 0.360 e. The molecule has 0 aliphatic heterocycles. The molecule has 0 aliphatic carbocycles. The number of nitrogens with zero attached hydrogens (tertiary/aromatic N) is 2. The molecular weight excluding hydrogens is 214 g/mol.